The molecule has 0 amide bonds. The number of hydrogen-bond acceptors (Lipinski definition) is 3. The van der Waals surface area contributed by atoms with Crippen LogP contribution in [0.15, 0.2) is 0 Å². The lowest BCUT2D eigenvalue weighted by Crippen LogP contribution is -2.38. The van der Waals surface area contributed by atoms with Crippen LogP contribution in [0.3, 0.4) is 0 Å². The third-order valence-corrected chi connectivity index (χ3v) is 2.24. The van der Waals surface area contributed by atoms with Crippen LogP contribution in [0.4, 0.5) is 0 Å². The Bertz CT molecular complexity index is 167. The van der Waals surface area contributed by atoms with E-state index in [4.69, 9.17) is 0 Å². The first kappa shape index (κ1) is 14.4. The van der Waals surface area contributed by atoms with Crippen LogP contribution < -0.4 is 5.32 Å². The van der Waals surface area contributed by atoms with E-state index in [9.17, 15) is 4.79 Å². The van der Waals surface area contributed by atoms with E-state index in [1.165, 1.54) is 19.3 Å². The first-order valence-corrected chi connectivity index (χ1v) is 5.72. The van der Waals surface area contributed by atoms with Crippen molar-refractivity contribution >= 4 is 6.47 Å². The van der Waals surface area contributed by atoms with Crippen molar-refractivity contribution in [3.05, 3.63) is 0 Å². The molecular formula is C12H25NO2. The van der Waals surface area contributed by atoms with E-state index < -0.39 is 0 Å². The summed E-state index contributed by atoms with van der Waals surface area (Å²) in [7, 11) is 0. The highest BCUT2D eigenvalue weighted by Gasteiger charge is 2.12. The zero-order chi connectivity index (χ0) is 11.9. The Kier molecular flexibility index (Phi) is 6.57. The summed E-state index contributed by atoms with van der Waals surface area (Å²) in [6.07, 6.45) is 4.14. The lowest BCUT2D eigenvalue weighted by molar-refractivity contribution is -0.138. The Morgan fingerprint density at radius 2 is 1.67 bits per heavy atom. The van der Waals surface area contributed by atoms with E-state index >= 15 is 0 Å². The summed E-state index contributed by atoms with van der Waals surface area (Å²) in [5.41, 5.74) is -0.318. The molecule has 0 aromatic heterocycles. The van der Waals surface area contributed by atoms with Gasteiger partial charge in [0.1, 0.15) is 5.60 Å². The number of hydrogen-bond donors (Lipinski definition) is 1. The zero-order valence-corrected chi connectivity index (χ0v) is 10.7. The van der Waals surface area contributed by atoms with Gasteiger partial charge < -0.3 is 10.1 Å². The quantitative estimate of drug-likeness (QED) is 0.683. The Hall–Kier alpha value is -0.570. The Morgan fingerprint density at radius 3 is 1.80 bits per heavy atom. The molecule has 1 aliphatic rings. The first-order chi connectivity index (χ1) is 6.85. The lowest BCUT2D eigenvalue weighted by atomic mass is 10.0. The molecule has 90 valence electrons. The smallest absolute Gasteiger partial charge is 0.293 e. The van der Waals surface area contributed by atoms with Crippen LogP contribution >= 0.6 is 0 Å². The fourth-order valence-electron chi connectivity index (χ4n) is 1.53. The summed E-state index contributed by atoms with van der Waals surface area (Å²) in [5.74, 6) is 0. The van der Waals surface area contributed by atoms with E-state index in [1.54, 1.807) is 0 Å². The number of piperidine rings is 1. The summed E-state index contributed by atoms with van der Waals surface area (Å²) in [4.78, 5) is 9.60. The van der Waals surface area contributed by atoms with E-state index in [2.05, 4.69) is 23.9 Å². The van der Waals surface area contributed by atoms with E-state index in [-0.39, 0.29) is 5.60 Å². The molecule has 0 aliphatic carbocycles. The number of ether oxygens (including phenoxy) is 1. The van der Waals surface area contributed by atoms with Crippen LogP contribution in [0.1, 0.15) is 53.9 Å². The van der Waals surface area contributed by atoms with Gasteiger partial charge >= 0.3 is 0 Å². The molecule has 1 fully saturated rings. The molecule has 1 aliphatic heterocycles. The predicted molar refractivity (Wildman–Crippen MR) is 62.8 cm³/mol. The van der Waals surface area contributed by atoms with Crippen LogP contribution in [-0.4, -0.2) is 24.2 Å². The van der Waals surface area contributed by atoms with Gasteiger partial charge in [0.05, 0.1) is 0 Å². The average Bonchev–Trinajstić information content (AvgIpc) is 2.01. The monoisotopic (exact) mass is 215 g/mol. The Morgan fingerprint density at radius 1 is 1.20 bits per heavy atom. The zero-order valence-electron chi connectivity index (χ0n) is 10.7. The maximum absolute atomic E-state index is 9.60. The van der Waals surface area contributed by atoms with Crippen molar-refractivity contribution in [1.82, 2.24) is 5.32 Å². The summed E-state index contributed by atoms with van der Waals surface area (Å²) in [6.45, 7) is 10.4. The molecule has 2 unspecified atom stereocenters. The van der Waals surface area contributed by atoms with E-state index in [0.29, 0.717) is 6.47 Å². The highest BCUT2D eigenvalue weighted by Crippen LogP contribution is 2.10. The third kappa shape index (κ3) is 9.73. The summed E-state index contributed by atoms with van der Waals surface area (Å²) < 4.78 is 4.55. The predicted octanol–water partition coefficient (Wildman–Crippen LogP) is 2.49. The Labute approximate surface area is 93.6 Å². The molecule has 0 aromatic rings. The van der Waals surface area contributed by atoms with E-state index in [0.717, 1.165) is 12.1 Å². The second kappa shape index (κ2) is 6.83. The summed E-state index contributed by atoms with van der Waals surface area (Å²) in [5, 5.41) is 3.48. The van der Waals surface area contributed by atoms with Crippen molar-refractivity contribution in [2.24, 2.45) is 0 Å². The van der Waals surface area contributed by atoms with Gasteiger partial charge in [0, 0.05) is 12.1 Å². The van der Waals surface area contributed by atoms with E-state index in [1.807, 2.05) is 20.8 Å². The van der Waals surface area contributed by atoms with Gasteiger partial charge in [0.2, 0.25) is 0 Å². The molecule has 1 rings (SSSR count). The van der Waals surface area contributed by atoms with Gasteiger partial charge in [0.25, 0.3) is 6.47 Å². The molecule has 2 atom stereocenters. The molecule has 1 N–H and O–H groups in total. The van der Waals surface area contributed by atoms with Gasteiger partial charge in [-0.05, 0) is 47.5 Å². The van der Waals surface area contributed by atoms with Crippen molar-refractivity contribution in [2.45, 2.75) is 71.6 Å². The fourth-order valence-corrected chi connectivity index (χ4v) is 1.53. The molecule has 0 aromatic carbocycles. The van der Waals surface area contributed by atoms with Crippen molar-refractivity contribution in [3.63, 3.8) is 0 Å². The highest BCUT2D eigenvalue weighted by molar-refractivity contribution is 5.37. The maximum Gasteiger partial charge on any atom is 0.293 e. The third-order valence-electron chi connectivity index (χ3n) is 2.24. The SMILES string of the molecule is CC(C)(C)OC=O.CC1CCCC(C)N1. The molecule has 1 heterocycles. The van der Waals surface area contributed by atoms with Gasteiger partial charge in [-0.1, -0.05) is 6.42 Å². The normalized spacial score (nSPS) is 26.2. The lowest BCUT2D eigenvalue weighted by Gasteiger charge is -2.25. The van der Waals surface area contributed by atoms with Crippen molar-refractivity contribution in [1.29, 1.82) is 0 Å². The van der Waals surface area contributed by atoms with Crippen LogP contribution in [0.5, 0.6) is 0 Å². The largest absolute Gasteiger partial charge is 0.462 e. The number of carbonyl (C=O) groups excluding carboxylic acids is 1. The van der Waals surface area contributed by atoms with Crippen LogP contribution in [-0.2, 0) is 9.53 Å². The van der Waals surface area contributed by atoms with Crippen LogP contribution in [0.25, 0.3) is 0 Å². The Balaban J connectivity index is 0.000000265. The first-order valence-electron chi connectivity index (χ1n) is 5.72. The molecule has 0 spiro atoms. The standard InChI is InChI=1S/C7H15N.C5H10O2/c1-6-4-3-5-7(2)8-6;1-5(2,3)7-4-6/h6-8H,3-5H2,1-2H3;4H,1-3H3. The molecular weight excluding hydrogens is 190 g/mol. The minimum Gasteiger partial charge on any atom is -0.462 e. The van der Waals surface area contributed by atoms with Crippen molar-refractivity contribution in [2.75, 3.05) is 0 Å². The topological polar surface area (TPSA) is 38.3 Å². The molecule has 0 saturated carbocycles. The van der Waals surface area contributed by atoms with Crippen LogP contribution in [0.2, 0.25) is 0 Å². The van der Waals surface area contributed by atoms with Gasteiger partial charge in [-0.3, -0.25) is 4.79 Å². The number of rotatable bonds is 1. The maximum atomic E-state index is 9.60. The molecule has 3 nitrogen and oxygen atoms in total. The average molecular weight is 215 g/mol. The minimum absolute atomic E-state index is 0.318. The summed E-state index contributed by atoms with van der Waals surface area (Å²) in [6, 6.07) is 1.53. The minimum atomic E-state index is -0.318. The van der Waals surface area contributed by atoms with Crippen molar-refractivity contribution < 1.29 is 9.53 Å². The van der Waals surface area contributed by atoms with Crippen molar-refractivity contribution in [3.8, 4) is 0 Å². The molecule has 0 radical (unpaired) electrons. The van der Waals surface area contributed by atoms with Crippen LogP contribution in [0, 0.1) is 0 Å². The second-order valence-electron chi connectivity index (χ2n) is 5.23. The van der Waals surface area contributed by atoms with Gasteiger partial charge in [-0.15, -0.1) is 0 Å². The van der Waals surface area contributed by atoms with Gasteiger partial charge in [-0.25, -0.2) is 0 Å². The molecule has 1 saturated heterocycles. The molecule has 3 heteroatoms. The van der Waals surface area contributed by atoms with Gasteiger partial charge in [-0.2, -0.15) is 0 Å². The number of carbonyl (C=O) groups is 1. The van der Waals surface area contributed by atoms with Gasteiger partial charge in [0.15, 0.2) is 0 Å². The molecule has 15 heavy (non-hydrogen) atoms. The number of nitrogens with one attached hydrogen (secondary N) is 1. The molecule has 0 bridgehead atoms. The second-order valence-corrected chi connectivity index (χ2v) is 5.23. The fraction of sp³-hybridized carbons (Fsp3) is 0.917. The summed E-state index contributed by atoms with van der Waals surface area (Å²) >= 11 is 0. The highest BCUT2D eigenvalue weighted by atomic mass is 16.5.